The molecule has 1 aromatic carbocycles. The fourth-order valence-corrected chi connectivity index (χ4v) is 6.45. The van der Waals surface area contributed by atoms with E-state index in [0.717, 1.165) is 43.7 Å². The summed E-state index contributed by atoms with van der Waals surface area (Å²) < 4.78 is 8.15. The molecule has 6 nitrogen and oxygen atoms in total. The molecule has 0 N–H and O–H groups in total. The summed E-state index contributed by atoms with van der Waals surface area (Å²) in [5, 5.41) is 6.41. The lowest BCUT2D eigenvalue weighted by atomic mass is 10.0. The Balaban J connectivity index is 1.94. The highest BCUT2D eigenvalue weighted by molar-refractivity contribution is 8.01. The number of benzene rings is 1. The van der Waals surface area contributed by atoms with Crippen LogP contribution in [0.2, 0.25) is 5.02 Å². The van der Waals surface area contributed by atoms with E-state index in [4.69, 9.17) is 26.4 Å². The molecule has 35 heavy (non-hydrogen) atoms. The van der Waals surface area contributed by atoms with Gasteiger partial charge in [0.1, 0.15) is 0 Å². The van der Waals surface area contributed by atoms with Gasteiger partial charge >= 0.3 is 5.97 Å². The third-order valence-electron chi connectivity index (χ3n) is 5.13. The number of aryl methyl sites for hydroxylation is 3. The summed E-state index contributed by atoms with van der Waals surface area (Å²) in [7, 11) is 0. The average Bonchev–Trinajstić information content (AvgIpc) is 3.34. The van der Waals surface area contributed by atoms with Gasteiger partial charge in [-0.05, 0) is 57.5 Å². The van der Waals surface area contributed by atoms with Gasteiger partial charge in [-0.1, -0.05) is 48.9 Å². The van der Waals surface area contributed by atoms with E-state index in [9.17, 15) is 4.79 Å². The highest BCUT2D eigenvalue weighted by atomic mass is 35.5. The first-order chi connectivity index (χ1) is 16.7. The fraction of sp³-hybridized carbons (Fsp3) is 0.308. The Morgan fingerprint density at radius 1 is 1.09 bits per heavy atom. The van der Waals surface area contributed by atoms with Gasteiger partial charge in [-0.25, -0.2) is 9.78 Å². The first-order valence-corrected chi connectivity index (χ1v) is 13.4. The SMILES string of the molecule is CCOC(=O)c1c(-c2cc(C)nc(C)c2)c(C)nn1-c1nc(-c2ccc(Cl)cc2)c(SC(C)C)s1. The van der Waals surface area contributed by atoms with Crippen molar-refractivity contribution in [1.82, 2.24) is 19.7 Å². The van der Waals surface area contributed by atoms with Crippen molar-refractivity contribution in [3.8, 4) is 27.5 Å². The van der Waals surface area contributed by atoms with Crippen LogP contribution in [-0.4, -0.2) is 37.6 Å². The molecule has 4 aromatic rings. The predicted octanol–water partition coefficient (Wildman–Crippen LogP) is 7.31. The second-order valence-corrected chi connectivity index (χ2v) is 11.6. The second-order valence-electron chi connectivity index (χ2n) is 8.39. The zero-order valence-corrected chi connectivity index (χ0v) is 22.9. The van der Waals surface area contributed by atoms with E-state index >= 15 is 0 Å². The lowest BCUT2D eigenvalue weighted by molar-refractivity contribution is 0.0516. The maximum atomic E-state index is 13.3. The molecule has 0 atom stereocenters. The number of carbonyl (C=O) groups is 1. The molecule has 0 radical (unpaired) electrons. The molecule has 0 fully saturated rings. The van der Waals surface area contributed by atoms with E-state index in [1.165, 1.54) is 11.3 Å². The summed E-state index contributed by atoms with van der Waals surface area (Å²) in [6, 6.07) is 11.6. The standard InChI is InChI=1S/C26H27ClN4O2S2/c1-7-33-24(32)23-21(19-12-15(4)28-16(5)13-19)17(6)30-31(23)26-29-22(25(35-26)34-14(2)3)18-8-10-20(27)11-9-18/h8-14H,7H2,1-6H3. The molecule has 3 heterocycles. The van der Waals surface area contributed by atoms with Crippen molar-refractivity contribution < 1.29 is 9.53 Å². The van der Waals surface area contributed by atoms with Crippen LogP contribution in [0.4, 0.5) is 0 Å². The minimum absolute atomic E-state index is 0.263. The lowest BCUT2D eigenvalue weighted by Crippen LogP contribution is -2.13. The molecular formula is C26H27ClN4O2S2. The van der Waals surface area contributed by atoms with Gasteiger partial charge in [0.05, 0.1) is 22.2 Å². The molecule has 0 aliphatic heterocycles. The molecule has 4 rings (SSSR count). The van der Waals surface area contributed by atoms with Gasteiger partial charge in [0, 0.05) is 32.8 Å². The molecule has 0 spiro atoms. The first-order valence-electron chi connectivity index (χ1n) is 11.3. The number of hydrogen-bond acceptors (Lipinski definition) is 7. The minimum Gasteiger partial charge on any atom is -0.461 e. The van der Waals surface area contributed by atoms with Crippen molar-refractivity contribution in [2.45, 2.75) is 51.0 Å². The Labute approximate surface area is 218 Å². The molecule has 0 aliphatic carbocycles. The molecule has 9 heteroatoms. The number of esters is 1. The average molecular weight is 527 g/mol. The molecule has 0 bridgehead atoms. The normalized spacial score (nSPS) is 11.3. The van der Waals surface area contributed by atoms with Crippen LogP contribution in [0.25, 0.3) is 27.5 Å². The van der Waals surface area contributed by atoms with Crippen molar-refractivity contribution in [3.05, 3.63) is 64.2 Å². The van der Waals surface area contributed by atoms with Crippen LogP contribution in [0.15, 0.2) is 40.6 Å². The number of carbonyl (C=O) groups excluding carboxylic acids is 1. The Morgan fingerprint density at radius 2 is 1.74 bits per heavy atom. The zero-order valence-electron chi connectivity index (χ0n) is 20.5. The number of aromatic nitrogens is 4. The third-order valence-corrected chi connectivity index (χ3v) is 7.62. The summed E-state index contributed by atoms with van der Waals surface area (Å²) in [5.74, 6) is -0.434. The molecule has 0 amide bonds. The molecule has 0 saturated carbocycles. The van der Waals surface area contributed by atoms with Gasteiger partial charge < -0.3 is 4.74 Å². The highest BCUT2D eigenvalue weighted by Crippen LogP contribution is 2.41. The van der Waals surface area contributed by atoms with E-state index in [2.05, 4.69) is 18.8 Å². The lowest BCUT2D eigenvalue weighted by Gasteiger charge is -2.09. The van der Waals surface area contributed by atoms with E-state index in [1.54, 1.807) is 23.4 Å². The summed E-state index contributed by atoms with van der Waals surface area (Å²) in [6.07, 6.45) is 0. The molecule has 0 aliphatic rings. The second kappa shape index (κ2) is 10.5. The van der Waals surface area contributed by atoms with E-state index in [1.807, 2.05) is 57.2 Å². The fourth-order valence-electron chi connectivity index (χ4n) is 3.85. The van der Waals surface area contributed by atoms with Gasteiger partial charge in [0.25, 0.3) is 0 Å². The smallest absolute Gasteiger partial charge is 0.357 e. The molecule has 3 aromatic heterocycles. The third kappa shape index (κ3) is 5.44. The first kappa shape index (κ1) is 25.4. The van der Waals surface area contributed by atoms with Crippen LogP contribution in [0.5, 0.6) is 0 Å². The van der Waals surface area contributed by atoms with Gasteiger partial charge in [-0.3, -0.25) is 4.98 Å². The maximum absolute atomic E-state index is 13.3. The predicted molar refractivity (Wildman–Crippen MR) is 144 cm³/mol. The number of ether oxygens (including phenoxy) is 1. The molecule has 182 valence electrons. The monoisotopic (exact) mass is 526 g/mol. The van der Waals surface area contributed by atoms with Crippen LogP contribution in [0, 0.1) is 20.8 Å². The number of rotatable bonds is 7. The molecule has 0 saturated heterocycles. The number of pyridine rings is 1. The van der Waals surface area contributed by atoms with Gasteiger partial charge in [-0.15, -0.1) is 11.8 Å². The summed E-state index contributed by atoms with van der Waals surface area (Å²) in [4.78, 5) is 22.7. The quantitative estimate of drug-likeness (QED) is 0.186. The van der Waals surface area contributed by atoms with Crippen molar-refractivity contribution in [3.63, 3.8) is 0 Å². The number of thioether (sulfide) groups is 1. The summed E-state index contributed by atoms with van der Waals surface area (Å²) in [6.45, 7) is 12.1. The molecule has 0 unspecified atom stereocenters. The Bertz CT molecular complexity index is 1360. The van der Waals surface area contributed by atoms with Crippen LogP contribution >= 0.6 is 34.7 Å². The Kier molecular flexibility index (Phi) is 7.64. The van der Waals surface area contributed by atoms with Crippen LogP contribution in [0.3, 0.4) is 0 Å². The minimum atomic E-state index is -0.434. The summed E-state index contributed by atoms with van der Waals surface area (Å²) in [5.41, 5.74) is 6.26. The zero-order chi connectivity index (χ0) is 25.3. The van der Waals surface area contributed by atoms with Gasteiger partial charge in [0.15, 0.2) is 5.69 Å². The van der Waals surface area contributed by atoms with Gasteiger partial charge in [0.2, 0.25) is 5.13 Å². The van der Waals surface area contributed by atoms with E-state index in [0.29, 0.717) is 21.1 Å². The van der Waals surface area contributed by atoms with Crippen molar-refractivity contribution in [2.75, 3.05) is 6.61 Å². The van der Waals surface area contributed by atoms with Crippen molar-refractivity contribution in [1.29, 1.82) is 0 Å². The summed E-state index contributed by atoms with van der Waals surface area (Å²) >= 11 is 9.36. The largest absolute Gasteiger partial charge is 0.461 e. The van der Waals surface area contributed by atoms with Crippen LogP contribution in [-0.2, 0) is 4.74 Å². The number of nitrogens with zero attached hydrogens (tertiary/aromatic N) is 4. The maximum Gasteiger partial charge on any atom is 0.357 e. The van der Waals surface area contributed by atoms with Crippen LogP contribution < -0.4 is 0 Å². The van der Waals surface area contributed by atoms with Crippen molar-refractivity contribution >= 4 is 40.7 Å². The number of halogens is 1. The molecular weight excluding hydrogens is 500 g/mol. The van der Waals surface area contributed by atoms with E-state index in [-0.39, 0.29) is 6.61 Å². The number of hydrogen-bond donors (Lipinski definition) is 0. The van der Waals surface area contributed by atoms with Crippen LogP contribution in [0.1, 0.15) is 48.3 Å². The number of thiazole rings is 1. The van der Waals surface area contributed by atoms with Crippen molar-refractivity contribution in [2.24, 2.45) is 0 Å². The topological polar surface area (TPSA) is 69.9 Å². The highest BCUT2D eigenvalue weighted by Gasteiger charge is 2.28. The van der Waals surface area contributed by atoms with Gasteiger partial charge in [-0.2, -0.15) is 9.78 Å². The Hall–Kier alpha value is -2.68. The Morgan fingerprint density at radius 3 is 2.34 bits per heavy atom. The van der Waals surface area contributed by atoms with E-state index < -0.39 is 5.97 Å².